The summed E-state index contributed by atoms with van der Waals surface area (Å²) in [5.74, 6) is 0.716. The van der Waals surface area contributed by atoms with Crippen LogP contribution in [0.2, 0.25) is 5.02 Å². The molecule has 0 saturated heterocycles. The SMILES string of the molecule is COc1ccc(C(O)CNC(=O)NC(C)c2ccc(Cl)cc2)cc1. The second kappa shape index (κ2) is 8.57. The summed E-state index contributed by atoms with van der Waals surface area (Å²) in [7, 11) is 1.58. The van der Waals surface area contributed by atoms with E-state index in [9.17, 15) is 9.90 Å². The number of amides is 2. The van der Waals surface area contributed by atoms with Crippen LogP contribution in [-0.2, 0) is 0 Å². The third kappa shape index (κ3) is 5.15. The second-order valence-corrected chi connectivity index (χ2v) is 5.85. The lowest BCUT2D eigenvalue weighted by Crippen LogP contribution is -2.39. The van der Waals surface area contributed by atoms with E-state index in [2.05, 4.69) is 10.6 Å². The van der Waals surface area contributed by atoms with Crippen LogP contribution < -0.4 is 15.4 Å². The number of hydrogen-bond acceptors (Lipinski definition) is 3. The molecule has 2 rings (SSSR count). The standard InChI is InChI=1S/C18H21ClN2O3/c1-12(13-3-7-15(19)8-4-13)21-18(23)20-11-17(22)14-5-9-16(24-2)10-6-14/h3-10,12,17,22H,11H2,1-2H3,(H2,20,21,23). The van der Waals surface area contributed by atoms with Gasteiger partial charge in [-0.2, -0.15) is 0 Å². The molecule has 2 aromatic carbocycles. The number of rotatable bonds is 6. The summed E-state index contributed by atoms with van der Waals surface area (Å²) in [6.07, 6.45) is -0.785. The van der Waals surface area contributed by atoms with E-state index in [0.717, 1.165) is 5.56 Å². The Bertz CT molecular complexity index is 659. The number of ether oxygens (including phenoxy) is 1. The molecule has 5 nitrogen and oxygen atoms in total. The second-order valence-electron chi connectivity index (χ2n) is 5.42. The Kier molecular flexibility index (Phi) is 6.46. The lowest BCUT2D eigenvalue weighted by Gasteiger charge is -2.17. The minimum atomic E-state index is -0.785. The van der Waals surface area contributed by atoms with Crippen molar-refractivity contribution < 1.29 is 14.6 Å². The predicted octanol–water partition coefficient (Wildman–Crippen LogP) is 3.44. The Morgan fingerprint density at radius 2 is 1.71 bits per heavy atom. The van der Waals surface area contributed by atoms with Gasteiger partial charge in [0.1, 0.15) is 5.75 Å². The Hall–Kier alpha value is -2.24. The van der Waals surface area contributed by atoms with Gasteiger partial charge in [0.15, 0.2) is 0 Å². The van der Waals surface area contributed by atoms with Crippen molar-refractivity contribution in [3.63, 3.8) is 0 Å². The number of aliphatic hydroxyl groups is 1. The zero-order chi connectivity index (χ0) is 17.5. The molecular formula is C18H21ClN2O3. The first-order valence-corrected chi connectivity index (χ1v) is 7.99. The highest BCUT2D eigenvalue weighted by Crippen LogP contribution is 2.17. The molecule has 2 amide bonds. The van der Waals surface area contributed by atoms with Crippen molar-refractivity contribution in [1.82, 2.24) is 10.6 Å². The fourth-order valence-corrected chi connectivity index (χ4v) is 2.34. The number of halogens is 1. The number of nitrogens with one attached hydrogen (secondary N) is 2. The van der Waals surface area contributed by atoms with Gasteiger partial charge < -0.3 is 20.5 Å². The summed E-state index contributed by atoms with van der Waals surface area (Å²) in [6.45, 7) is 1.99. The maximum atomic E-state index is 12.0. The van der Waals surface area contributed by atoms with Gasteiger partial charge in [-0.05, 0) is 42.3 Å². The number of carbonyl (C=O) groups excluding carboxylic acids is 1. The van der Waals surface area contributed by atoms with E-state index < -0.39 is 6.10 Å². The molecule has 0 aliphatic carbocycles. The van der Waals surface area contributed by atoms with Crippen molar-refractivity contribution >= 4 is 17.6 Å². The predicted molar refractivity (Wildman–Crippen MR) is 94.4 cm³/mol. The van der Waals surface area contributed by atoms with Gasteiger partial charge >= 0.3 is 6.03 Å². The van der Waals surface area contributed by atoms with E-state index in [1.807, 2.05) is 19.1 Å². The van der Waals surface area contributed by atoms with Crippen LogP contribution in [0.15, 0.2) is 48.5 Å². The first kappa shape index (κ1) is 18.1. The molecule has 0 aliphatic heterocycles. The summed E-state index contributed by atoms with van der Waals surface area (Å²) in [4.78, 5) is 12.0. The molecule has 0 heterocycles. The monoisotopic (exact) mass is 348 g/mol. The molecule has 0 aliphatic rings. The third-order valence-corrected chi connectivity index (χ3v) is 3.93. The van der Waals surface area contributed by atoms with Crippen molar-refractivity contribution in [2.24, 2.45) is 0 Å². The van der Waals surface area contributed by atoms with E-state index in [1.54, 1.807) is 43.5 Å². The molecule has 6 heteroatoms. The fourth-order valence-electron chi connectivity index (χ4n) is 2.22. The fraction of sp³-hybridized carbons (Fsp3) is 0.278. The van der Waals surface area contributed by atoms with E-state index >= 15 is 0 Å². The van der Waals surface area contributed by atoms with Gasteiger partial charge in [0.05, 0.1) is 19.3 Å². The first-order chi connectivity index (χ1) is 11.5. The van der Waals surface area contributed by atoms with Gasteiger partial charge in [-0.1, -0.05) is 35.9 Å². The maximum absolute atomic E-state index is 12.0. The van der Waals surface area contributed by atoms with Crippen LogP contribution >= 0.6 is 11.6 Å². The van der Waals surface area contributed by atoms with Crippen molar-refractivity contribution in [2.45, 2.75) is 19.1 Å². The summed E-state index contributed by atoms with van der Waals surface area (Å²) < 4.78 is 5.07. The third-order valence-electron chi connectivity index (χ3n) is 3.67. The zero-order valence-electron chi connectivity index (χ0n) is 13.6. The lowest BCUT2D eigenvalue weighted by atomic mass is 10.1. The molecule has 2 unspecified atom stereocenters. The van der Waals surface area contributed by atoms with Crippen molar-refractivity contribution in [3.05, 3.63) is 64.7 Å². The van der Waals surface area contributed by atoms with Gasteiger partial charge in [0.25, 0.3) is 0 Å². The summed E-state index contributed by atoms with van der Waals surface area (Å²) >= 11 is 5.85. The molecule has 128 valence electrons. The van der Waals surface area contributed by atoms with Crippen LogP contribution in [0.1, 0.15) is 30.2 Å². The van der Waals surface area contributed by atoms with Crippen LogP contribution in [0.4, 0.5) is 4.79 Å². The summed E-state index contributed by atoms with van der Waals surface area (Å²) in [6, 6.07) is 13.8. The molecule has 0 spiro atoms. The number of carbonyl (C=O) groups is 1. The highest BCUT2D eigenvalue weighted by molar-refractivity contribution is 6.30. The molecule has 24 heavy (non-hydrogen) atoms. The number of urea groups is 1. The minimum absolute atomic E-state index is 0.117. The van der Waals surface area contributed by atoms with Gasteiger partial charge in [-0.3, -0.25) is 0 Å². The minimum Gasteiger partial charge on any atom is -0.497 e. The Labute approximate surface area is 146 Å². The van der Waals surface area contributed by atoms with E-state index in [1.165, 1.54) is 0 Å². The summed E-state index contributed by atoms with van der Waals surface area (Å²) in [5.41, 5.74) is 1.66. The highest BCUT2D eigenvalue weighted by atomic mass is 35.5. The topological polar surface area (TPSA) is 70.6 Å². The molecule has 0 aromatic heterocycles. The van der Waals surface area contributed by atoms with Gasteiger partial charge in [0.2, 0.25) is 0 Å². The molecule has 2 aromatic rings. The van der Waals surface area contributed by atoms with E-state index in [4.69, 9.17) is 16.3 Å². The Morgan fingerprint density at radius 1 is 1.12 bits per heavy atom. The van der Waals surface area contributed by atoms with Crippen LogP contribution in [0, 0.1) is 0 Å². The Morgan fingerprint density at radius 3 is 2.29 bits per heavy atom. The van der Waals surface area contributed by atoms with Crippen molar-refractivity contribution in [2.75, 3.05) is 13.7 Å². The molecule has 0 saturated carbocycles. The average Bonchev–Trinajstić information content (AvgIpc) is 2.60. The number of aliphatic hydroxyl groups excluding tert-OH is 1. The molecule has 0 bridgehead atoms. The molecule has 2 atom stereocenters. The van der Waals surface area contributed by atoms with Crippen LogP contribution in [-0.4, -0.2) is 24.8 Å². The van der Waals surface area contributed by atoms with Crippen LogP contribution in [0.5, 0.6) is 5.75 Å². The molecular weight excluding hydrogens is 328 g/mol. The average molecular weight is 349 g/mol. The lowest BCUT2D eigenvalue weighted by molar-refractivity contribution is 0.172. The Balaban J connectivity index is 1.82. The zero-order valence-corrected chi connectivity index (χ0v) is 14.4. The van der Waals surface area contributed by atoms with Crippen LogP contribution in [0.3, 0.4) is 0 Å². The van der Waals surface area contributed by atoms with E-state index in [0.29, 0.717) is 16.3 Å². The van der Waals surface area contributed by atoms with Crippen molar-refractivity contribution in [1.29, 1.82) is 0 Å². The molecule has 0 radical (unpaired) electrons. The normalized spacial score (nSPS) is 13.0. The maximum Gasteiger partial charge on any atom is 0.315 e. The molecule has 3 N–H and O–H groups in total. The summed E-state index contributed by atoms with van der Waals surface area (Å²) in [5, 5.41) is 16.2. The van der Waals surface area contributed by atoms with Gasteiger partial charge in [-0.15, -0.1) is 0 Å². The van der Waals surface area contributed by atoms with Gasteiger partial charge in [0, 0.05) is 11.6 Å². The largest absolute Gasteiger partial charge is 0.497 e. The van der Waals surface area contributed by atoms with Gasteiger partial charge in [-0.25, -0.2) is 4.79 Å². The van der Waals surface area contributed by atoms with Crippen molar-refractivity contribution in [3.8, 4) is 5.75 Å². The number of benzene rings is 2. The molecule has 0 fully saturated rings. The van der Waals surface area contributed by atoms with Crippen LogP contribution in [0.25, 0.3) is 0 Å². The van der Waals surface area contributed by atoms with E-state index in [-0.39, 0.29) is 18.6 Å². The first-order valence-electron chi connectivity index (χ1n) is 7.61. The number of hydrogen-bond donors (Lipinski definition) is 3. The quantitative estimate of drug-likeness (QED) is 0.748. The smallest absolute Gasteiger partial charge is 0.315 e. The highest BCUT2D eigenvalue weighted by Gasteiger charge is 2.12. The number of methoxy groups -OCH3 is 1.